The van der Waals surface area contributed by atoms with Gasteiger partial charge >= 0.3 is 0 Å². The fourth-order valence-electron chi connectivity index (χ4n) is 2.09. The summed E-state index contributed by atoms with van der Waals surface area (Å²) in [5.41, 5.74) is 1.58. The molecule has 16 heavy (non-hydrogen) atoms. The van der Waals surface area contributed by atoms with Crippen LogP contribution in [0.2, 0.25) is 5.28 Å². The fraction of sp³-hybridized carbons (Fsp3) is 0.667. The Labute approximate surface area is 102 Å². The van der Waals surface area contributed by atoms with Crippen molar-refractivity contribution in [2.45, 2.75) is 39.5 Å². The summed E-state index contributed by atoms with van der Waals surface area (Å²) in [6, 6.07) is 0. The van der Waals surface area contributed by atoms with Crippen molar-refractivity contribution < 1.29 is 0 Å². The van der Waals surface area contributed by atoms with Gasteiger partial charge in [0.15, 0.2) is 0 Å². The number of nitrogens with zero attached hydrogens (tertiary/aromatic N) is 2. The topological polar surface area (TPSA) is 37.8 Å². The minimum absolute atomic E-state index is 0.313. The Kier molecular flexibility index (Phi) is 3.33. The van der Waals surface area contributed by atoms with Gasteiger partial charge < -0.3 is 5.32 Å². The van der Waals surface area contributed by atoms with E-state index in [4.69, 9.17) is 11.6 Å². The number of nitrogens with one attached hydrogen (secondary N) is 1. The third-order valence-corrected chi connectivity index (χ3v) is 3.49. The van der Waals surface area contributed by atoms with Crippen molar-refractivity contribution in [3.8, 4) is 0 Å². The molecule has 1 saturated carbocycles. The Morgan fingerprint density at radius 2 is 2.25 bits per heavy atom. The highest BCUT2D eigenvalue weighted by Crippen LogP contribution is 2.49. The molecule has 0 unspecified atom stereocenters. The molecule has 4 heteroatoms. The van der Waals surface area contributed by atoms with Crippen LogP contribution >= 0.6 is 11.6 Å². The Balaban J connectivity index is 1.97. The monoisotopic (exact) mass is 239 g/mol. The predicted octanol–water partition coefficient (Wildman–Crippen LogP) is 3.43. The van der Waals surface area contributed by atoms with E-state index in [2.05, 4.69) is 22.2 Å². The van der Waals surface area contributed by atoms with E-state index in [1.54, 1.807) is 6.20 Å². The molecule has 0 radical (unpaired) electrons. The smallest absolute Gasteiger partial charge is 0.224 e. The molecule has 0 amide bonds. The van der Waals surface area contributed by atoms with Crippen molar-refractivity contribution in [3.05, 3.63) is 17.0 Å². The van der Waals surface area contributed by atoms with Gasteiger partial charge in [-0.25, -0.2) is 9.97 Å². The highest BCUT2D eigenvalue weighted by molar-refractivity contribution is 6.28. The third-order valence-electron chi connectivity index (χ3n) is 3.31. The maximum absolute atomic E-state index is 5.78. The molecule has 0 aliphatic heterocycles. The second-order valence-corrected chi connectivity index (χ2v) is 5.11. The Morgan fingerprint density at radius 1 is 1.50 bits per heavy atom. The molecule has 1 aromatic rings. The minimum Gasteiger partial charge on any atom is -0.369 e. The van der Waals surface area contributed by atoms with Gasteiger partial charge in [-0.05, 0) is 43.2 Å². The number of rotatable bonds is 5. The van der Waals surface area contributed by atoms with Crippen LogP contribution in [0.4, 0.5) is 5.82 Å². The zero-order chi connectivity index (χ0) is 11.6. The van der Waals surface area contributed by atoms with Crippen LogP contribution in [0.15, 0.2) is 6.20 Å². The molecule has 1 aliphatic rings. The number of hydrogen-bond donors (Lipinski definition) is 1. The van der Waals surface area contributed by atoms with Crippen molar-refractivity contribution >= 4 is 17.4 Å². The molecule has 1 fully saturated rings. The number of aromatic nitrogens is 2. The zero-order valence-electron chi connectivity index (χ0n) is 9.89. The molecule has 1 N–H and O–H groups in total. The summed E-state index contributed by atoms with van der Waals surface area (Å²) in [5.74, 6) is 0.877. The SMILES string of the molecule is CCCC1(CNc2nc(Cl)ncc2C)CC1. The van der Waals surface area contributed by atoms with Gasteiger partial charge in [-0.15, -0.1) is 0 Å². The predicted molar refractivity (Wildman–Crippen MR) is 66.8 cm³/mol. The van der Waals surface area contributed by atoms with E-state index in [9.17, 15) is 0 Å². The Bertz CT molecular complexity index is 375. The van der Waals surface area contributed by atoms with Gasteiger partial charge in [0.2, 0.25) is 5.28 Å². The Morgan fingerprint density at radius 3 is 2.88 bits per heavy atom. The van der Waals surface area contributed by atoms with E-state index in [0.29, 0.717) is 10.7 Å². The lowest BCUT2D eigenvalue weighted by Gasteiger charge is -2.16. The number of aryl methyl sites for hydroxylation is 1. The second-order valence-electron chi connectivity index (χ2n) is 4.77. The standard InChI is InChI=1S/C12H18ClN3/c1-3-4-12(5-6-12)8-15-10-9(2)7-14-11(13)16-10/h7H,3-6,8H2,1-2H3,(H,14,15,16). The average Bonchev–Trinajstić information content (AvgIpc) is 3.01. The van der Waals surface area contributed by atoms with Gasteiger partial charge in [-0.3, -0.25) is 0 Å². The van der Waals surface area contributed by atoms with Gasteiger partial charge in [-0.2, -0.15) is 0 Å². The summed E-state index contributed by atoms with van der Waals surface area (Å²) >= 11 is 5.78. The largest absolute Gasteiger partial charge is 0.369 e. The van der Waals surface area contributed by atoms with Crippen molar-refractivity contribution in [1.29, 1.82) is 0 Å². The molecule has 1 heterocycles. The first-order chi connectivity index (χ1) is 7.65. The highest BCUT2D eigenvalue weighted by Gasteiger charge is 2.41. The average molecular weight is 240 g/mol. The third kappa shape index (κ3) is 2.64. The maximum Gasteiger partial charge on any atom is 0.224 e. The van der Waals surface area contributed by atoms with Crippen LogP contribution in [0.3, 0.4) is 0 Å². The van der Waals surface area contributed by atoms with Crippen molar-refractivity contribution in [1.82, 2.24) is 9.97 Å². The van der Waals surface area contributed by atoms with Crippen LogP contribution in [0.5, 0.6) is 0 Å². The molecule has 0 saturated heterocycles. The summed E-state index contributed by atoms with van der Waals surface area (Å²) in [4.78, 5) is 8.16. The van der Waals surface area contributed by atoms with Crippen molar-refractivity contribution in [3.63, 3.8) is 0 Å². The van der Waals surface area contributed by atoms with Crippen LogP contribution in [-0.4, -0.2) is 16.5 Å². The van der Waals surface area contributed by atoms with Gasteiger partial charge in [-0.1, -0.05) is 13.3 Å². The van der Waals surface area contributed by atoms with Crippen molar-refractivity contribution in [2.75, 3.05) is 11.9 Å². The first kappa shape index (κ1) is 11.6. The number of hydrogen-bond acceptors (Lipinski definition) is 3. The molecule has 0 atom stereocenters. The van der Waals surface area contributed by atoms with Crippen LogP contribution in [0.25, 0.3) is 0 Å². The van der Waals surface area contributed by atoms with Crippen LogP contribution in [-0.2, 0) is 0 Å². The summed E-state index contributed by atoms with van der Waals surface area (Å²) in [6.45, 7) is 5.25. The van der Waals surface area contributed by atoms with E-state index in [1.165, 1.54) is 25.7 Å². The van der Waals surface area contributed by atoms with Gasteiger partial charge in [0.25, 0.3) is 0 Å². The molecule has 1 aromatic heterocycles. The fourth-order valence-corrected chi connectivity index (χ4v) is 2.23. The summed E-state index contributed by atoms with van der Waals surface area (Å²) in [5, 5.41) is 3.72. The molecule has 2 rings (SSSR count). The van der Waals surface area contributed by atoms with E-state index in [1.807, 2.05) is 6.92 Å². The summed E-state index contributed by atoms with van der Waals surface area (Å²) < 4.78 is 0. The maximum atomic E-state index is 5.78. The second kappa shape index (κ2) is 4.58. The molecule has 3 nitrogen and oxygen atoms in total. The lowest BCUT2D eigenvalue weighted by Crippen LogP contribution is -2.16. The quantitative estimate of drug-likeness (QED) is 0.800. The van der Waals surface area contributed by atoms with E-state index in [0.717, 1.165) is 17.9 Å². The van der Waals surface area contributed by atoms with Gasteiger partial charge in [0.05, 0.1) is 0 Å². The van der Waals surface area contributed by atoms with Crippen LogP contribution in [0.1, 0.15) is 38.2 Å². The molecular weight excluding hydrogens is 222 g/mol. The Hall–Kier alpha value is -0.830. The molecule has 0 spiro atoms. The summed E-state index contributed by atoms with van der Waals surface area (Å²) in [7, 11) is 0. The van der Waals surface area contributed by atoms with Crippen LogP contribution < -0.4 is 5.32 Å². The van der Waals surface area contributed by atoms with E-state index < -0.39 is 0 Å². The lowest BCUT2D eigenvalue weighted by atomic mass is 10.0. The normalized spacial score (nSPS) is 17.2. The zero-order valence-corrected chi connectivity index (χ0v) is 10.6. The molecule has 0 aromatic carbocycles. The van der Waals surface area contributed by atoms with Crippen LogP contribution in [0, 0.1) is 12.3 Å². The first-order valence-electron chi connectivity index (χ1n) is 5.88. The number of halogens is 1. The molecule has 88 valence electrons. The van der Waals surface area contributed by atoms with Crippen molar-refractivity contribution in [2.24, 2.45) is 5.41 Å². The van der Waals surface area contributed by atoms with E-state index >= 15 is 0 Å². The van der Waals surface area contributed by atoms with Gasteiger partial charge in [0, 0.05) is 18.3 Å². The molecule has 0 bridgehead atoms. The van der Waals surface area contributed by atoms with Gasteiger partial charge in [0.1, 0.15) is 5.82 Å². The lowest BCUT2D eigenvalue weighted by molar-refractivity contribution is 0.485. The molecule has 1 aliphatic carbocycles. The minimum atomic E-state index is 0.313. The summed E-state index contributed by atoms with van der Waals surface area (Å²) in [6.07, 6.45) is 7.00. The molecular formula is C12H18ClN3. The highest BCUT2D eigenvalue weighted by atomic mass is 35.5. The number of anilines is 1. The van der Waals surface area contributed by atoms with E-state index in [-0.39, 0.29) is 0 Å². The first-order valence-corrected chi connectivity index (χ1v) is 6.26.